The first-order valence-electron chi connectivity index (χ1n) is 7.60. The number of hydrogen-bond acceptors (Lipinski definition) is 4. The number of carbonyl (C=O) groups is 1. The van der Waals surface area contributed by atoms with Gasteiger partial charge in [0.25, 0.3) is 0 Å². The molecule has 1 aromatic rings. The van der Waals surface area contributed by atoms with Crippen LogP contribution in [0.1, 0.15) is 27.2 Å². The van der Waals surface area contributed by atoms with Gasteiger partial charge in [-0.3, -0.25) is 0 Å². The third kappa shape index (κ3) is 4.86. The average molecular weight is 435 g/mol. The molecule has 2 atom stereocenters. The van der Waals surface area contributed by atoms with Crippen LogP contribution in [-0.4, -0.2) is 28.8 Å². The van der Waals surface area contributed by atoms with Crippen molar-refractivity contribution >= 4 is 40.1 Å². The van der Waals surface area contributed by atoms with Gasteiger partial charge in [0.1, 0.15) is 11.4 Å². The van der Waals surface area contributed by atoms with Crippen molar-refractivity contribution < 1.29 is 13.9 Å². The Labute approximate surface area is 149 Å². The van der Waals surface area contributed by atoms with E-state index in [2.05, 4.69) is 27.9 Å². The van der Waals surface area contributed by atoms with Gasteiger partial charge in [0.2, 0.25) is 0 Å². The average Bonchev–Trinajstić information content (AvgIpc) is 2.76. The summed E-state index contributed by atoms with van der Waals surface area (Å²) in [5.74, 6) is -0.0764. The summed E-state index contributed by atoms with van der Waals surface area (Å²) in [5.41, 5.74) is 6.06. The molecule has 1 aliphatic rings. The van der Waals surface area contributed by atoms with E-state index in [1.54, 1.807) is 12.1 Å². The van der Waals surface area contributed by atoms with Gasteiger partial charge in [-0.2, -0.15) is 0 Å². The number of halogens is 2. The Morgan fingerprint density at radius 3 is 2.83 bits per heavy atom. The van der Waals surface area contributed by atoms with Crippen LogP contribution in [0.25, 0.3) is 0 Å². The molecule has 1 amide bonds. The fourth-order valence-electron chi connectivity index (χ4n) is 2.56. The van der Waals surface area contributed by atoms with Crippen LogP contribution in [0.2, 0.25) is 0 Å². The Morgan fingerprint density at radius 2 is 2.22 bits per heavy atom. The number of rotatable bonds is 3. The molecule has 1 saturated heterocycles. The van der Waals surface area contributed by atoms with Gasteiger partial charge in [0.15, 0.2) is 0 Å². The normalized spacial score (nSPS) is 21.3. The number of benzene rings is 1. The molecular formula is C16H23FIN3O2. The molecule has 0 spiro atoms. The quantitative estimate of drug-likeness (QED) is 0.330. The maximum absolute atomic E-state index is 14.1. The van der Waals surface area contributed by atoms with Gasteiger partial charge in [0.05, 0.1) is 9.74 Å². The molecule has 0 saturated carbocycles. The molecule has 1 aromatic carbocycles. The molecule has 0 aliphatic carbocycles. The molecule has 7 heteroatoms. The Bertz CT molecular complexity index is 577. The molecule has 0 radical (unpaired) electrons. The smallest absolute Gasteiger partial charge is 0.407 e. The number of hydrogen-bond donors (Lipinski definition) is 2. The summed E-state index contributed by atoms with van der Waals surface area (Å²) >= 11 is 2.30. The number of carbonyl (C=O) groups excluding carboxylic acids is 1. The van der Waals surface area contributed by atoms with E-state index in [9.17, 15) is 9.18 Å². The van der Waals surface area contributed by atoms with Gasteiger partial charge >= 0.3 is 6.09 Å². The molecule has 1 heterocycles. The van der Waals surface area contributed by atoms with Gasteiger partial charge in [-0.1, -0.05) is 22.6 Å². The van der Waals surface area contributed by atoms with Gasteiger partial charge in [-0.25, -0.2) is 9.18 Å². The predicted molar refractivity (Wildman–Crippen MR) is 98.3 cm³/mol. The number of nitrogen functional groups attached to an aromatic ring is 1. The number of nitrogens with two attached hydrogens (primary N) is 1. The van der Waals surface area contributed by atoms with Crippen molar-refractivity contribution in [2.45, 2.75) is 36.8 Å². The first-order valence-corrected chi connectivity index (χ1v) is 8.84. The fraction of sp³-hybridized carbons (Fsp3) is 0.562. The van der Waals surface area contributed by atoms with Gasteiger partial charge in [-0.05, 0) is 45.4 Å². The van der Waals surface area contributed by atoms with Crippen LogP contribution in [0.4, 0.5) is 20.6 Å². The highest BCUT2D eigenvalue weighted by atomic mass is 127. The number of ether oxygens (including phenoxy) is 1. The van der Waals surface area contributed by atoms with Crippen molar-refractivity contribution in [3.05, 3.63) is 24.0 Å². The molecule has 128 valence electrons. The number of alkyl halides is 1. The zero-order valence-electron chi connectivity index (χ0n) is 13.6. The van der Waals surface area contributed by atoms with Crippen molar-refractivity contribution in [2.75, 3.05) is 23.7 Å². The lowest BCUT2D eigenvalue weighted by Gasteiger charge is -2.26. The lowest BCUT2D eigenvalue weighted by molar-refractivity contribution is 0.0520. The Kier molecular flexibility index (Phi) is 5.59. The molecule has 23 heavy (non-hydrogen) atoms. The largest absolute Gasteiger partial charge is 0.444 e. The summed E-state index contributed by atoms with van der Waals surface area (Å²) < 4.78 is 19.4. The second kappa shape index (κ2) is 7.11. The fourth-order valence-corrected chi connectivity index (χ4v) is 3.75. The first kappa shape index (κ1) is 18.1. The Hall–Kier alpha value is -1.25. The Balaban J connectivity index is 1.94. The minimum Gasteiger partial charge on any atom is -0.444 e. The summed E-state index contributed by atoms with van der Waals surface area (Å²) in [4.78, 5) is 13.8. The van der Waals surface area contributed by atoms with Crippen molar-refractivity contribution in [3.63, 3.8) is 0 Å². The van der Waals surface area contributed by atoms with Crippen molar-refractivity contribution in [1.29, 1.82) is 0 Å². The monoisotopic (exact) mass is 435 g/mol. The number of anilines is 2. The molecule has 1 fully saturated rings. The molecule has 2 rings (SSSR count). The summed E-state index contributed by atoms with van der Waals surface area (Å²) in [6.45, 7) is 6.74. The van der Waals surface area contributed by atoms with E-state index in [0.29, 0.717) is 17.9 Å². The summed E-state index contributed by atoms with van der Waals surface area (Å²) in [6.07, 6.45) is 0.464. The van der Waals surface area contributed by atoms with Gasteiger partial charge in [-0.15, -0.1) is 0 Å². The maximum Gasteiger partial charge on any atom is 0.407 e. The van der Waals surface area contributed by atoms with E-state index in [-0.39, 0.29) is 15.8 Å². The van der Waals surface area contributed by atoms with Crippen molar-refractivity contribution in [3.8, 4) is 0 Å². The molecular weight excluding hydrogens is 412 g/mol. The summed E-state index contributed by atoms with van der Waals surface area (Å²) in [5, 5.41) is 2.80. The number of amides is 1. The van der Waals surface area contributed by atoms with Crippen molar-refractivity contribution in [2.24, 2.45) is 5.92 Å². The SMILES string of the molecule is CC(C)(C)OC(=O)NCC1CCN(c2ccc(N)cc2F)C1I. The highest BCUT2D eigenvalue weighted by Gasteiger charge is 2.34. The zero-order chi connectivity index (χ0) is 17.2. The zero-order valence-corrected chi connectivity index (χ0v) is 15.8. The van der Waals surface area contributed by atoms with Crippen LogP contribution < -0.4 is 16.0 Å². The second-order valence-electron chi connectivity index (χ2n) is 6.71. The molecule has 3 N–H and O–H groups in total. The molecule has 2 unspecified atom stereocenters. The maximum atomic E-state index is 14.1. The third-order valence-electron chi connectivity index (χ3n) is 3.62. The molecule has 0 aromatic heterocycles. The van der Waals surface area contributed by atoms with E-state index in [1.165, 1.54) is 6.07 Å². The highest BCUT2D eigenvalue weighted by molar-refractivity contribution is 14.1. The molecule has 5 nitrogen and oxygen atoms in total. The van der Waals surface area contributed by atoms with E-state index in [0.717, 1.165) is 13.0 Å². The minimum absolute atomic E-state index is 0.0978. The van der Waals surface area contributed by atoms with Crippen LogP contribution in [0.15, 0.2) is 18.2 Å². The highest BCUT2D eigenvalue weighted by Crippen LogP contribution is 2.35. The third-order valence-corrected chi connectivity index (χ3v) is 5.31. The van der Waals surface area contributed by atoms with Crippen LogP contribution in [0.3, 0.4) is 0 Å². The second-order valence-corrected chi connectivity index (χ2v) is 7.98. The lowest BCUT2D eigenvalue weighted by atomic mass is 10.1. The number of nitrogens with one attached hydrogen (secondary N) is 1. The van der Waals surface area contributed by atoms with Gasteiger partial charge in [0, 0.05) is 24.7 Å². The van der Waals surface area contributed by atoms with E-state index in [4.69, 9.17) is 10.5 Å². The lowest BCUT2D eigenvalue weighted by Crippen LogP contribution is -2.38. The first-order chi connectivity index (χ1) is 10.7. The summed E-state index contributed by atoms with van der Waals surface area (Å²) in [7, 11) is 0. The van der Waals surface area contributed by atoms with E-state index in [1.807, 2.05) is 25.7 Å². The van der Waals surface area contributed by atoms with Crippen LogP contribution in [0, 0.1) is 11.7 Å². The minimum atomic E-state index is -0.511. The summed E-state index contributed by atoms with van der Waals surface area (Å²) in [6, 6.07) is 4.75. The predicted octanol–water partition coefficient (Wildman–Crippen LogP) is 3.52. The van der Waals surface area contributed by atoms with Crippen LogP contribution in [-0.2, 0) is 4.74 Å². The van der Waals surface area contributed by atoms with Crippen molar-refractivity contribution in [1.82, 2.24) is 5.32 Å². The van der Waals surface area contributed by atoms with Gasteiger partial charge < -0.3 is 20.7 Å². The standard InChI is InChI=1S/C16H23FIN3O2/c1-16(2,3)23-15(22)20-9-10-6-7-21(14(10)18)13-5-4-11(19)8-12(13)17/h4-5,8,10,14H,6-7,9,19H2,1-3H3,(H,20,22). The van der Waals surface area contributed by atoms with Crippen LogP contribution in [0.5, 0.6) is 0 Å². The number of nitrogens with zero attached hydrogens (tertiary/aromatic N) is 1. The molecule has 0 bridgehead atoms. The van der Waals surface area contributed by atoms with Crippen LogP contribution >= 0.6 is 22.6 Å². The van der Waals surface area contributed by atoms with E-state index < -0.39 is 11.7 Å². The Morgan fingerprint density at radius 1 is 1.52 bits per heavy atom. The topological polar surface area (TPSA) is 67.6 Å². The van der Waals surface area contributed by atoms with E-state index >= 15 is 0 Å². The number of alkyl carbamates (subject to hydrolysis) is 1. The molecule has 1 aliphatic heterocycles.